The van der Waals surface area contributed by atoms with Crippen molar-refractivity contribution < 1.29 is 24.2 Å². The zero-order chi connectivity index (χ0) is 26.1. The second kappa shape index (κ2) is 13.1. The fourth-order valence-corrected chi connectivity index (χ4v) is 4.48. The number of ether oxygens (including phenoxy) is 2. The summed E-state index contributed by atoms with van der Waals surface area (Å²) in [6.45, 7) is 8.53. The number of anilines is 3. The van der Waals surface area contributed by atoms with Crippen molar-refractivity contribution >= 4 is 29.2 Å². The number of benzene rings is 1. The fraction of sp³-hybridized carbons (Fsp3) is 0.538. The lowest BCUT2D eigenvalue weighted by Crippen LogP contribution is -2.42. The van der Waals surface area contributed by atoms with Gasteiger partial charge in [-0.25, -0.2) is 9.78 Å². The number of hydrogen-bond acceptors (Lipinski definition) is 7. The minimum atomic E-state index is -0.848. The topological polar surface area (TPSA) is 126 Å². The van der Waals surface area contributed by atoms with E-state index in [1.807, 2.05) is 25.1 Å². The van der Waals surface area contributed by atoms with Gasteiger partial charge >= 0.3 is 18.0 Å². The highest BCUT2D eigenvalue weighted by Crippen LogP contribution is 2.35. The van der Waals surface area contributed by atoms with Crippen LogP contribution in [0.2, 0.25) is 0 Å². The van der Waals surface area contributed by atoms with Gasteiger partial charge in [0.05, 0.1) is 24.9 Å². The maximum absolute atomic E-state index is 13.0. The molecular formula is C26H37N5O5. The molecule has 0 aliphatic carbocycles. The first-order valence-corrected chi connectivity index (χ1v) is 12.5. The highest BCUT2D eigenvalue weighted by Gasteiger charge is 2.26. The van der Waals surface area contributed by atoms with Crippen LogP contribution in [0.3, 0.4) is 0 Å². The lowest BCUT2D eigenvalue weighted by molar-refractivity contribution is -0.137. The first-order chi connectivity index (χ1) is 17.3. The third kappa shape index (κ3) is 7.55. The predicted octanol–water partition coefficient (Wildman–Crippen LogP) is 4.74. The molecule has 1 aromatic heterocycles. The number of amides is 2. The van der Waals surface area contributed by atoms with Crippen LogP contribution in [0.1, 0.15) is 57.9 Å². The van der Waals surface area contributed by atoms with Gasteiger partial charge in [-0.15, -0.1) is 0 Å². The number of rotatable bonds is 11. The maximum Gasteiger partial charge on any atom is 0.324 e. The van der Waals surface area contributed by atoms with E-state index < -0.39 is 12.0 Å². The average Bonchev–Trinajstić information content (AvgIpc) is 2.86. The van der Waals surface area contributed by atoms with E-state index in [9.17, 15) is 14.7 Å². The van der Waals surface area contributed by atoms with Gasteiger partial charge in [0.15, 0.2) is 0 Å². The Morgan fingerprint density at radius 1 is 1.22 bits per heavy atom. The van der Waals surface area contributed by atoms with Crippen LogP contribution in [0.25, 0.3) is 0 Å². The van der Waals surface area contributed by atoms with Gasteiger partial charge < -0.3 is 24.8 Å². The molecule has 1 fully saturated rings. The van der Waals surface area contributed by atoms with Gasteiger partial charge in [-0.3, -0.25) is 10.1 Å². The van der Waals surface area contributed by atoms with Crippen LogP contribution >= 0.6 is 0 Å². The standard InChI is InChI=1S/C26H37N5O5/c1-5-18(15-24(32)33)19-6-7-22(31(16-17(2)3)20-9-12-36-13-10-20)21(14-19)28-25(34)29-23-8-11-27-26(30-23)35-4/h6-8,11,14,17-18,20H,5,9-10,12-13,15-16H2,1-4H3,(H,32,33)(H2,27,28,29,30,34). The van der Waals surface area contributed by atoms with Crippen LogP contribution in [0.4, 0.5) is 22.0 Å². The average molecular weight is 500 g/mol. The number of aliphatic carboxylic acids is 1. The molecule has 1 aromatic carbocycles. The van der Waals surface area contributed by atoms with Crippen molar-refractivity contribution in [1.29, 1.82) is 0 Å². The summed E-state index contributed by atoms with van der Waals surface area (Å²) < 4.78 is 10.6. The number of urea groups is 1. The van der Waals surface area contributed by atoms with E-state index in [1.165, 1.54) is 13.3 Å². The third-order valence-corrected chi connectivity index (χ3v) is 6.21. The molecule has 10 nitrogen and oxygen atoms in total. The molecule has 3 N–H and O–H groups in total. The largest absolute Gasteiger partial charge is 0.481 e. The minimum Gasteiger partial charge on any atom is -0.481 e. The second-order valence-corrected chi connectivity index (χ2v) is 9.38. The van der Waals surface area contributed by atoms with Gasteiger partial charge in [0.2, 0.25) is 0 Å². The van der Waals surface area contributed by atoms with Crippen LogP contribution in [-0.2, 0) is 9.53 Å². The fourth-order valence-electron chi connectivity index (χ4n) is 4.48. The molecule has 1 aliphatic heterocycles. The number of carbonyl (C=O) groups is 2. The van der Waals surface area contributed by atoms with Crippen LogP contribution in [0, 0.1) is 5.92 Å². The monoisotopic (exact) mass is 499 g/mol. The van der Waals surface area contributed by atoms with Gasteiger partial charge in [0, 0.05) is 32.0 Å². The summed E-state index contributed by atoms with van der Waals surface area (Å²) >= 11 is 0. The first-order valence-electron chi connectivity index (χ1n) is 12.5. The molecule has 2 amide bonds. The number of nitrogens with zero attached hydrogens (tertiary/aromatic N) is 3. The first kappa shape index (κ1) is 27.2. The second-order valence-electron chi connectivity index (χ2n) is 9.38. The Labute approximate surface area is 212 Å². The summed E-state index contributed by atoms with van der Waals surface area (Å²) in [4.78, 5) is 34.9. The number of aromatic nitrogens is 2. The Morgan fingerprint density at radius 2 is 1.97 bits per heavy atom. The molecule has 36 heavy (non-hydrogen) atoms. The van der Waals surface area contributed by atoms with E-state index in [2.05, 4.69) is 39.3 Å². The molecule has 1 aliphatic rings. The summed E-state index contributed by atoms with van der Waals surface area (Å²) in [5.41, 5.74) is 2.40. The molecule has 1 saturated heterocycles. The van der Waals surface area contributed by atoms with Crippen molar-refractivity contribution in [2.24, 2.45) is 5.92 Å². The van der Waals surface area contributed by atoms with Crippen molar-refractivity contribution in [3.8, 4) is 6.01 Å². The van der Waals surface area contributed by atoms with Gasteiger partial charge in [0.1, 0.15) is 5.82 Å². The van der Waals surface area contributed by atoms with Gasteiger partial charge in [-0.2, -0.15) is 4.98 Å². The van der Waals surface area contributed by atoms with Crippen molar-refractivity contribution in [1.82, 2.24) is 9.97 Å². The SMILES string of the molecule is CCC(CC(=O)O)c1ccc(N(CC(C)C)C2CCOCC2)c(NC(=O)Nc2ccnc(OC)n2)c1. The van der Waals surface area contributed by atoms with Crippen molar-refractivity contribution in [3.05, 3.63) is 36.0 Å². The molecule has 196 valence electrons. The number of nitrogens with one attached hydrogen (secondary N) is 2. The molecule has 3 rings (SSSR count). The summed E-state index contributed by atoms with van der Waals surface area (Å²) in [6, 6.07) is 7.43. The Bertz CT molecular complexity index is 1030. The number of hydrogen-bond donors (Lipinski definition) is 3. The highest BCUT2D eigenvalue weighted by atomic mass is 16.5. The summed E-state index contributed by atoms with van der Waals surface area (Å²) in [6.07, 6.45) is 4.00. The van der Waals surface area contributed by atoms with Crippen LogP contribution in [0.15, 0.2) is 30.5 Å². The van der Waals surface area contributed by atoms with Crippen LogP contribution in [-0.4, -0.2) is 60.0 Å². The lowest BCUT2D eigenvalue weighted by atomic mass is 9.92. The number of carboxylic acids is 1. The minimum absolute atomic E-state index is 0.0257. The zero-order valence-corrected chi connectivity index (χ0v) is 21.5. The molecule has 10 heteroatoms. The van der Waals surface area contributed by atoms with E-state index in [0.29, 0.717) is 37.1 Å². The van der Waals surface area contributed by atoms with Crippen molar-refractivity contribution in [3.63, 3.8) is 0 Å². The van der Waals surface area contributed by atoms with E-state index in [1.54, 1.807) is 6.07 Å². The Morgan fingerprint density at radius 3 is 2.61 bits per heavy atom. The van der Waals surface area contributed by atoms with Gasteiger partial charge in [-0.1, -0.05) is 26.8 Å². The van der Waals surface area contributed by atoms with Crippen LogP contribution < -0.4 is 20.3 Å². The number of carboxylic acid groups (broad SMARTS) is 1. The molecule has 1 unspecified atom stereocenters. The molecule has 1 atom stereocenters. The lowest BCUT2D eigenvalue weighted by Gasteiger charge is -2.38. The third-order valence-electron chi connectivity index (χ3n) is 6.21. The molecule has 0 saturated carbocycles. The van der Waals surface area contributed by atoms with Crippen LogP contribution in [0.5, 0.6) is 6.01 Å². The number of carbonyl (C=O) groups excluding carboxylic acids is 1. The van der Waals surface area contributed by atoms with Crippen molar-refractivity contribution in [2.45, 2.75) is 58.4 Å². The zero-order valence-electron chi connectivity index (χ0n) is 21.5. The Balaban J connectivity index is 1.96. The Kier molecular flexibility index (Phi) is 9.86. The normalized spacial score (nSPS) is 14.8. The molecule has 2 aromatic rings. The van der Waals surface area contributed by atoms with Gasteiger partial charge in [0.25, 0.3) is 0 Å². The molecular weight excluding hydrogens is 462 g/mol. The van der Waals surface area contributed by atoms with E-state index in [-0.39, 0.29) is 24.4 Å². The summed E-state index contributed by atoms with van der Waals surface area (Å²) in [7, 11) is 1.46. The Hall–Kier alpha value is -3.40. The summed E-state index contributed by atoms with van der Waals surface area (Å²) in [5.74, 6) is -0.302. The quantitative estimate of drug-likeness (QED) is 0.405. The molecule has 2 heterocycles. The smallest absolute Gasteiger partial charge is 0.324 e. The molecule has 0 spiro atoms. The molecule has 0 radical (unpaired) electrons. The van der Waals surface area contributed by atoms with Gasteiger partial charge in [-0.05, 0) is 54.9 Å². The van der Waals surface area contributed by atoms with E-state index in [0.717, 1.165) is 30.6 Å². The predicted molar refractivity (Wildman–Crippen MR) is 139 cm³/mol. The highest BCUT2D eigenvalue weighted by molar-refractivity contribution is 6.01. The van der Waals surface area contributed by atoms with Crippen molar-refractivity contribution in [2.75, 3.05) is 42.4 Å². The van der Waals surface area contributed by atoms with E-state index >= 15 is 0 Å². The number of methoxy groups -OCH3 is 1. The maximum atomic E-state index is 13.0. The molecule has 0 bridgehead atoms. The van der Waals surface area contributed by atoms with E-state index in [4.69, 9.17) is 9.47 Å². The summed E-state index contributed by atoms with van der Waals surface area (Å²) in [5, 5.41) is 15.1.